The third-order valence-corrected chi connectivity index (χ3v) is 3.11. The summed E-state index contributed by atoms with van der Waals surface area (Å²) < 4.78 is 0. The SMILES string of the molecule is CCN1CCCC1=O.CN1CCCCC1=O. The summed E-state index contributed by atoms with van der Waals surface area (Å²) in [5.41, 5.74) is 0. The van der Waals surface area contributed by atoms with E-state index in [0.717, 1.165) is 45.3 Å². The van der Waals surface area contributed by atoms with Crippen LogP contribution in [0, 0.1) is 0 Å². The van der Waals surface area contributed by atoms with Crippen LogP contribution in [0.2, 0.25) is 0 Å². The number of rotatable bonds is 1. The third-order valence-electron chi connectivity index (χ3n) is 3.11. The maximum Gasteiger partial charge on any atom is 0.222 e. The molecule has 0 unspecified atom stereocenters. The van der Waals surface area contributed by atoms with E-state index >= 15 is 0 Å². The van der Waals surface area contributed by atoms with Gasteiger partial charge in [-0.25, -0.2) is 0 Å². The van der Waals surface area contributed by atoms with Gasteiger partial charge in [0.1, 0.15) is 0 Å². The van der Waals surface area contributed by atoms with Gasteiger partial charge in [-0.2, -0.15) is 0 Å². The molecular weight excluding hydrogens is 204 g/mol. The summed E-state index contributed by atoms with van der Waals surface area (Å²) in [6.07, 6.45) is 4.86. The van der Waals surface area contributed by atoms with E-state index in [-0.39, 0.29) is 0 Å². The van der Waals surface area contributed by atoms with Gasteiger partial charge in [0.05, 0.1) is 0 Å². The van der Waals surface area contributed by atoms with E-state index in [0.29, 0.717) is 11.8 Å². The number of hydrogen-bond acceptors (Lipinski definition) is 2. The zero-order valence-corrected chi connectivity index (χ0v) is 10.4. The van der Waals surface area contributed by atoms with E-state index in [1.54, 1.807) is 4.90 Å². The van der Waals surface area contributed by atoms with E-state index < -0.39 is 0 Å². The first-order valence-electron chi connectivity index (χ1n) is 6.17. The van der Waals surface area contributed by atoms with Crippen LogP contribution in [0.4, 0.5) is 0 Å². The van der Waals surface area contributed by atoms with Gasteiger partial charge in [0.2, 0.25) is 11.8 Å². The lowest BCUT2D eigenvalue weighted by Gasteiger charge is -2.21. The molecule has 0 saturated carbocycles. The fourth-order valence-electron chi connectivity index (χ4n) is 1.98. The monoisotopic (exact) mass is 226 g/mol. The van der Waals surface area contributed by atoms with Gasteiger partial charge in [-0.3, -0.25) is 9.59 Å². The predicted octanol–water partition coefficient (Wildman–Crippen LogP) is 1.26. The van der Waals surface area contributed by atoms with E-state index in [2.05, 4.69) is 0 Å². The van der Waals surface area contributed by atoms with Crippen molar-refractivity contribution < 1.29 is 9.59 Å². The molecule has 0 spiro atoms. The van der Waals surface area contributed by atoms with Crippen LogP contribution in [-0.4, -0.2) is 48.3 Å². The molecule has 92 valence electrons. The molecule has 0 bridgehead atoms. The third kappa shape index (κ3) is 3.83. The van der Waals surface area contributed by atoms with E-state index in [9.17, 15) is 9.59 Å². The van der Waals surface area contributed by atoms with Gasteiger partial charge in [0.15, 0.2) is 0 Å². The van der Waals surface area contributed by atoms with Crippen molar-refractivity contribution in [1.82, 2.24) is 9.80 Å². The Labute approximate surface area is 97.6 Å². The first kappa shape index (κ1) is 13.0. The molecule has 0 aromatic heterocycles. The van der Waals surface area contributed by atoms with Crippen molar-refractivity contribution >= 4 is 11.8 Å². The Balaban J connectivity index is 0.000000160. The first-order valence-corrected chi connectivity index (χ1v) is 6.17. The van der Waals surface area contributed by atoms with Crippen LogP contribution in [0.15, 0.2) is 0 Å². The Kier molecular flexibility index (Phi) is 5.29. The number of carbonyl (C=O) groups excluding carboxylic acids is 2. The predicted molar refractivity (Wildman–Crippen MR) is 63.0 cm³/mol. The molecule has 2 saturated heterocycles. The van der Waals surface area contributed by atoms with E-state index in [1.807, 2.05) is 18.9 Å². The summed E-state index contributed by atoms with van der Waals surface area (Å²) in [5.74, 6) is 0.628. The number of piperidine rings is 1. The number of likely N-dealkylation sites (tertiary alicyclic amines) is 2. The molecule has 0 N–H and O–H groups in total. The topological polar surface area (TPSA) is 40.6 Å². The van der Waals surface area contributed by atoms with Gasteiger partial charge in [0.25, 0.3) is 0 Å². The van der Waals surface area contributed by atoms with Crippen molar-refractivity contribution in [1.29, 1.82) is 0 Å². The molecule has 2 amide bonds. The minimum Gasteiger partial charge on any atom is -0.346 e. The fourth-order valence-corrected chi connectivity index (χ4v) is 1.98. The van der Waals surface area contributed by atoms with Crippen molar-refractivity contribution in [3.63, 3.8) is 0 Å². The molecular formula is C12H22N2O2. The molecule has 0 aromatic carbocycles. The molecule has 0 aromatic rings. The van der Waals surface area contributed by atoms with Crippen molar-refractivity contribution in [2.45, 2.75) is 39.0 Å². The van der Waals surface area contributed by atoms with Gasteiger partial charge in [-0.1, -0.05) is 0 Å². The zero-order chi connectivity index (χ0) is 12.0. The van der Waals surface area contributed by atoms with Gasteiger partial charge in [0, 0.05) is 39.5 Å². The second-order valence-electron chi connectivity index (χ2n) is 4.35. The average molecular weight is 226 g/mol. The number of nitrogens with zero attached hydrogens (tertiary/aromatic N) is 2. The lowest BCUT2D eigenvalue weighted by molar-refractivity contribution is -0.131. The van der Waals surface area contributed by atoms with Gasteiger partial charge < -0.3 is 9.80 Å². The Morgan fingerprint density at radius 2 is 1.69 bits per heavy atom. The normalized spacial score (nSPS) is 20.9. The Morgan fingerprint density at radius 3 is 2.00 bits per heavy atom. The molecule has 0 radical (unpaired) electrons. The molecule has 16 heavy (non-hydrogen) atoms. The molecule has 0 atom stereocenters. The van der Waals surface area contributed by atoms with E-state index in [4.69, 9.17) is 0 Å². The van der Waals surface area contributed by atoms with Crippen LogP contribution in [0.1, 0.15) is 39.0 Å². The zero-order valence-electron chi connectivity index (χ0n) is 10.4. The van der Waals surface area contributed by atoms with Crippen molar-refractivity contribution in [3.05, 3.63) is 0 Å². The molecule has 0 aliphatic carbocycles. The molecule has 2 aliphatic heterocycles. The average Bonchev–Trinajstić information content (AvgIpc) is 2.69. The standard InChI is InChI=1S/2C6H11NO/c1-7-5-3-2-4-6(7)8;1-2-7-5-3-4-6(7)8/h2*2-5H2,1H3. The summed E-state index contributed by atoms with van der Waals surface area (Å²) in [4.78, 5) is 25.1. The summed E-state index contributed by atoms with van der Waals surface area (Å²) >= 11 is 0. The van der Waals surface area contributed by atoms with E-state index in [1.165, 1.54) is 6.42 Å². The minimum atomic E-state index is 0.302. The molecule has 2 rings (SSSR count). The molecule has 2 aliphatic rings. The molecule has 4 heteroatoms. The lowest BCUT2D eigenvalue weighted by Crippen LogP contribution is -2.31. The maximum atomic E-state index is 10.7. The molecule has 4 nitrogen and oxygen atoms in total. The van der Waals surface area contributed by atoms with Crippen LogP contribution in [0.25, 0.3) is 0 Å². The smallest absolute Gasteiger partial charge is 0.222 e. The second kappa shape index (κ2) is 6.51. The second-order valence-corrected chi connectivity index (χ2v) is 4.35. The maximum absolute atomic E-state index is 10.7. The summed E-state index contributed by atoms with van der Waals surface area (Å²) in [5, 5.41) is 0. The number of carbonyl (C=O) groups is 2. The number of amides is 2. The largest absolute Gasteiger partial charge is 0.346 e. The lowest BCUT2D eigenvalue weighted by atomic mass is 10.1. The molecule has 2 fully saturated rings. The van der Waals surface area contributed by atoms with Crippen LogP contribution in [0.5, 0.6) is 0 Å². The first-order chi connectivity index (χ1) is 7.65. The highest BCUT2D eigenvalue weighted by Crippen LogP contribution is 2.07. The Morgan fingerprint density at radius 1 is 1.00 bits per heavy atom. The highest BCUT2D eigenvalue weighted by atomic mass is 16.2. The number of hydrogen-bond donors (Lipinski definition) is 0. The summed E-state index contributed by atoms with van der Waals surface area (Å²) in [6.45, 7) is 4.84. The van der Waals surface area contributed by atoms with Crippen LogP contribution in [-0.2, 0) is 9.59 Å². The Bertz CT molecular complexity index is 251. The fraction of sp³-hybridized carbons (Fsp3) is 0.833. The van der Waals surface area contributed by atoms with Gasteiger partial charge in [-0.15, -0.1) is 0 Å². The highest BCUT2D eigenvalue weighted by Gasteiger charge is 2.17. The van der Waals surface area contributed by atoms with Crippen LogP contribution in [0.3, 0.4) is 0 Å². The quantitative estimate of drug-likeness (QED) is 0.675. The summed E-state index contributed by atoms with van der Waals surface area (Å²) in [6, 6.07) is 0. The highest BCUT2D eigenvalue weighted by molar-refractivity contribution is 5.78. The Hall–Kier alpha value is -1.06. The van der Waals surface area contributed by atoms with Crippen molar-refractivity contribution in [2.24, 2.45) is 0 Å². The molecule has 2 heterocycles. The van der Waals surface area contributed by atoms with Crippen molar-refractivity contribution in [2.75, 3.05) is 26.7 Å². The van der Waals surface area contributed by atoms with Crippen LogP contribution >= 0.6 is 0 Å². The van der Waals surface area contributed by atoms with Crippen LogP contribution < -0.4 is 0 Å². The van der Waals surface area contributed by atoms with Gasteiger partial charge >= 0.3 is 0 Å². The van der Waals surface area contributed by atoms with Crippen molar-refractivity contribution in [3.8, 4) is 0 Å². The summed E-state index contributed by atoms with van der Waals surface area (Å²) in [7, 11) is 1.86. The minimum absolute atomic E-state index is 0.302. The van der Waals surface area contributed by atoms with Gasteiger partial charge in [-0.05, 0) is 26.2 Å².